The summed E-state index contributed by atoms with van der Waals surface area (Å²) in [7, 11) is 0. The summed E-state index contributed by atoms with van der Waals surface area (Å²) in [5.41, 5.74) is 1.96. The largest absolute Gasteiger partial charge is 0.324 e. The van der Waals surface area contributed by atoms with E-state index in [1.165, 1.54) is 28.9 Å². The first-order valence-electron chi connectivity index (χ1n) is 8.21. The van der Waals surface area contributed by atoms with Gasteiger partial charge < -0.3 is 10.6 Å². The minimum atomic E-state index is -0.806. The van der Waals surface area contributed by atoms with Gasteiger partial charge in [0, 0.05) is 16.3 Å². The quantitative estimate of drug-likeness (QED) is 0.719. The maximum Gasteiger partial charge on any atom is 0.249 e. The Morgan fingerprint density at radius 1 is 1.19 bits per heavy atom. The minimum Gasteiger partial charge on any atom is -0.324 e. The van der Waals surface area contributed by atoms with Crippen molar-refractivity contribution in [3.63, 3.8) is 0 Å². The molecule has 1 atom stereocenters. The van der Waals surface area contributed by atoms with Crippen molar-refractivity contribution in [2.24, 2.45) is 0 Å². The van der Waals surface area contributed by atoms with E-state index in [9.17, 15) is 14.0 Å². The van der Waals surface area contributed by atoms with E-state index in [4.69, 9.17) is 11.6 Å². The number of halogens is 2. The number of nitrogens with zero attached hydrogens (tertiary/aromatic N) is 2. The van der Waals surface area contributed by atoms with Gasteiger partial charge in [-0.05, 0) is 42.0 Å². The molecular weight excluding hydrogens is 371 g/mol. The van der Waals surface area contributed by atoms with Gasteiger partial charge in [-0.3, -0.25) is 9.59 Å². The lowest BCUT2D eigenvalue weighted by atomic mass is 10.1. The highest BCUT2D eigenvalue weighted by atomic mass is 35.5. The van der Waals surface area contributed by atoms with Crippen molar-refractivity contribution < 1.29 is 14.0 Å². The zero-order valence-corrected chi connectivity index (χ0v) is 14.7. The van der Waals surface area contributed by atoms with Gasteiger partial charge in [-0.2, -0.15) is 5.10 Å². The van der Waals surface area contributed by atoms with Gasteiger partial charge in [0.25, 0.3) is 0 Å². The Morgan fingerprint density at radius 3 is 2.59 bits per heavy atom. The first-order valence-corrected chi connectivity index (χ1v) is 8.59. The minimum absolute atomic E-state index is 0.0399. The van der Waals surface area contributed by atoms with Crippen molar-refractivity contribution >= 4 is 34.9 Å². The third-order valence-corrected chi connectivity index (χ3v) is 4.55. The number of anilines is 2. The topological polar surface area (TPSA) is 76.0 Å². The predicted molar refractivity (Wildman–Crippen MR) is 100.0 cm³/mol. The summed E-state index contributed by atoms with van der Waals surface area (Å²) in [5, 5.41) is 10.4. The Balaban J connectivity index is 1.65. The number of carbonyl (C=O) groups is 2. The number of carbonyl (C=O) groups excluding carboxylic acids is 2. The highest BCUT2D eigenvalue weighted by molar-refractivity contribution is 6.30. The normalized spacial score (nSPS) is 15.8. The van der Waals surface area contributed by atoms with E-state index in [1.807, 2.05) is 12.1 Å². The standard InChI is InChI=1S/C19H14ClFN4O2/c20-12-3-1-11(2-4-12)15-10-22-25-16(9-17(26)24-18(15)25)19(27)23-14-7-5-13(21)6-8-14/h1-8,10,16H,9H2,(H,23,27)(H,24,26)/t16-/m1/s1. The molecule has 0 fully saturated rings. The lowest BCUT2D eigenvalue weighted by Gasteiger charge is -2.24. The van der Waals surface area contributed by atoms with Crippen LogP contribution in [0.2, 0.25) is 5.02 Å². The SMILES string of the molecule is O=C1C[C@H](C(=O)Nc2ccc(F)cc2)n2ncc(-c3ccc(Cl)cc3)c2N1. The third-order valence-electron chi connectivity index (χ3n) is 4.30. The number of hydrogen-bond donors (Lipinski definition) is 2. The molecule has 1 aliphatic heterocycles. The molecule has 2 heterocycles. The van der Waals surface area contributed by atoms with Crippen LogP contribution in [-0.4, -0.2) is 21.6 Å². The Bertz CT molecular complexity index is 1020. The van der Waals surface area contributed by atoms with E-state index in [2.05, 4.69) is 15.7 Å². The number of amides is 2. The smallest absolute Gasteiger partial charge is 0.249 e. The van der Waals surface area contributed by atoms with E-state index in [0.29, 0.717) is 22.1 Å². The Morgan fingerprint density at radius 2 is 1.89 bits per heavy atom. The summed E-state index contributed by atoms with van der Waals surface area (Å²) in [6.07, 6.45) is 1.56. The second-order valence-electron chi connectivity index (χ2n) is 6.12. The van der Waals surface area contributed by atoms with Crippen LogP contribution in [0.3, 0.4) is 0 Å². The second-order valence-corrected chi connectivity index (χ2v) is 6.56. The van der Waals surface area contributed by atoms with Gasteiger partial charge in [0.1, 0.15) is 17.7 Å². The summed E-state index contributed by atoms with van der Waals surface area (Å²) in [6, 6.07) is 11.7. The monoisotopic (exact) mass is 384 g/mol. The van der Waals surface area contributed by atoms with Crippen LogP contribution in [0.4, 0.5) is 15.9 Å². The number of benzene rings is 2. The fourth-order valence-corrected chi connectivity index (χ4v) is 3.10. The molecule has 0 saturated heterocycles. The number of fused-ring (bicyclic) bond motifs is 1. The average molecular weight is 385 g/mol. The summed E-state index contributed by atoms with van der Waals surface area (Å²) >= 11 is 5.92. The molecule has 1 aromatic heterocycles. The van der Waals surface area contributed by atoms with Crippen LogP contribution < -0.4 is 10.6 Å². The number of nitrogens with one attached hydrogen (secondary N) is 2. The summed E-state index contributed by atoms with van der Waals surface area (Å²) < 4.78 is 14.5. The highest BCUT2D eigenvalue weighted by Gasteiger charge is 2.33. The van der Waals surface area contributed by atoms with Gasteiger partial charge in [0.05, 0.1) is 12.6 Å². The number of hydrogen-bond acceptors (Lipinski definition) is 3. The zero-order chi connectivity index (χ0) is 19.0. The molecule has 0 radical (unpaired) electrons. The average Bonchev–Trinajstić information content (AvgIpc) is 3.07. The molecule has 2 aromatic carbocycles. The van der Waals surface area contributed by atoms with Crippen LogP contribution in [0.25, 0.3) is 11.1 Å². The van der Waals surface area contributed by atoms with Crippen molar-refractivity contribution in [2.75, 3.05) is 10.6 Å². The number of aromatic nitrogens is 2. The van der Waals surface area contributed by atoms with E-state index < -0.39 is 17.8 Å². The van der Waals surface area contributed by atoms with Gasteiger partial charge in [-0.15, -0.1) is 0 Å². The molecule has 0 aliphatic carbocycles. The first kappa shape index (κ1) is 17.2. The van der Waals surface area contributed by atoms with Gasteiger partial charge in [-0.1, -0.05) is 23.7 Å². The van der Waals surface area contributed by atoms with Crippen molar-refractivity contribution in [1.29, 1.82) is 0 Å². The molecule has 0 saturated carbocycles. The van der Waals surface area contributed by atoms with Crippen LogP contribution in [0.1, 0.15) is 12.5 Å². The van der Waals surface area contributed by atoms with Crippen LogP contribution in [-0.2, 0) is 9.59 Å². The van der Waals surface area contributed by atoms with E-state index >= 15 is 0 Å². The van der Waals surface area contributed by atoms with Crippen LogP contribution in [0, 0.1) is 5.82 Å². The summed E-state index contributed by atoms with van der Waals surface area (Å²) in [6.45, 7) is 0. The fourth-order valence-electron chi connectivity index (χ4n) is 2.97. The van der Waals surface area contributed by atoms with Crippen LogP contribution >= 0.6 is 11.6 Å². The van der Waals surface area contributed by atoms with E-state index in [-0.39, 0.29) is 12.3 Å². The molecular formula is C19H14ClFN4O2. The molecule has 27 heavy (non-hydrogen) atoms. The van der Waals surface area contributed by atoms with E-state index in [1.54, 1.807) is 18.3 Å². The maximum atomic E-state index is 13.0. The molecule has 0 unspecified atom stereocenters. The molecule has 4 rings (SSSR count). The van der Waals surface area contributed by atoms with Crippen molar-refractivity contribution in [3.05, 3.63) is 65.6 Å². The summed E-state index contributed by atoms with van der Waals surface area (Å²) in [4.78, 5) is 24.9. The Kier molecular flexibility index (Phi) is 4.37. The lowest BCUT2D eigenvalue weighted by molar-refractivity contribution is -0.125. The molecule has 1 aliphatic rings. The predicted octanol–water partition coefficient (Wildman–Crippen LogP) is 3.86. The molecule has 2 amide bonds. The van der Waals surface area contributed by atoms with Crippen molar-refractivity contribution in [1.82, 2.24) is 9.78 Å². The summed E-state index contributed by atoms with van der Waals surface area (Å²) in [5.74, 6) is -0.624. The van der Waals surface area contributed by atoms with Gasteiger partial charge in [0.15, 0.2) is 0 Å². The van der Waals surface area contributed by atoms with Crippen LogP contribution in [0.15, 0.2) is 54.7 Å². The van der Waals surface area contributed by atoms with Crippen molar-refractivity contribution in [3.8, 4) is 11.1 Å². The fraction of sp³-hybridized carbons (Fsp3) is 0.105. The van der Waals surface area contributed by atoms with Gasteiger partial charge >= 0.3 is 0 Å². The van der Waals surface area contributed by atoms with E-state index in [0.717, 1.165) is 5.56 Å². The third kappa shape index (κ3) is 3.41. The number of rotatable bonds is 3. The molecule has 3 aromatic rings. The first-order chi connectivity index (χ1) is 13.0. The maximum absolute atomic E-state index is 13.0. The molecule has 0 bridgehead atoms. The second kappa shape index (κ2) is 6.85. The van der Waals surface area contributed by atoms with Gasteiger partial charge in [-0.25, -0.2) is 9.07 Å². The molecule has 2 N–H and O–H groups in total. The zero-order valence-electron chi connectivity index (χ0n) is 13.9. The lowest BCUT2D eigenvalue weighted by Crippen LogP contribution is -2.35. The highest BCUT2D eigenvalue weighted by Crippen LogP contribution is 2.34. The molecule has 8 heteroatoms. The molecule has 0 spiro atoms. The Labute approximate surface area is 158 Å². The Hall–Kier alpha value is -3.19. The molecule has 136 valence electrons. The van der Waals surface area contributed by atoms with Crippen LogP contribution in [0.5, 0.6) is 0 Å². The van der Waals surface area contributed by atoms with Gasteiger partial charge in [0.2, 0.25) is 11.8 Å². The molecule has 6 nitrogen and oxygen atoms in total. The van der Waals surface area contributed by atoms with Crippen molar-refractivity contribution in [2.45, 2.75) is 12.5 Å².